The van der Waals surface area contributed by atoms with Gasteiger partial charge in [0, 0.05) is 13.0 Å². The summed E-state index contributed by atoms with van der Waals surface area (Å²) in [6, 6.07) is 5.10. The van der Waals surface area contributed by atoms with Crippen LogP contribution < -0.4 is 10.6 Å². The van der Waals surface area contributed by atoms with Crippen molar-refractivity contribution in [1.29, 1.82) is 0 Å². The fourth-order valence-corrected chi connectivity index (χ4v) is 1.33. The molecule has 0 saturated heterocycles. The standard InChI is InChI=1S/C9H10N2O2/c12-7-3-1-2-6-9(7)11-8(13)4-5-10-6/h1-3,10,12H,4-5H2,(H,11,13). The van der Waals surface area contributed by atoms with Gasteiger partial charge in [-0.15, -0.1) is 0 Å². The van der Waals surface area contributed by atoms with Gasteiger partial charge in [0.2, 0.25) is 5.91 Å². The lowest BCUT2D eigenvalue weighted by Crippen LogP contribution is -2.10. The number of aromatic hydroxyl groups is 1. The monoisotopic (exact) mass is 178 g/mol. The van der Waals surface area contributed by atoms with Crippen LogP contribution in [-0.4, -0.2) is 17.6 Å². The molecule has 2 rings (SSSR count). The van der Waals surface area contributed by atoms with Crippen molar-refractivity contribution in [2.24, 2.45) is 0 Å². The maximum Gasteiger partial charge on any atom is 0.226 e. The van der Waals surface area contributed by atoms with Crippen molar-refractivity contribution in [1.82, 2.24) is 0 Å². The molecule has 4 nitrogen and oxygen atoms in total. The number of para-hydroxylation sites is 1. The average molecular weight is 178 g/mol. The minimum atomic E-state index is -0.0762. The zero-order chi connectivity index (χ0) is 9.26. The maximum absolute atomic E-state index is 11.1. The Balaban J connectivity index is 2.46. The van der Waals surface area contributed by atoms with Crippen molar-refractivity contribution in [2.45, 2.75) is 6.42 Å². The molecule has 1 aliphatic heterocycles. The fourth-order valence-electron chi connectivity index (χ4n) is 1.33. The molecule has 1 aromatic rings. The largest absolute Gasteiger partial charge is 0.506 e. The summed E-state index contributed by atoms with van der Waals surface area (Å²) in [5.41, 5.74) is 1.25. The van der Waals surface area contributed by atoms with Crippen molar-refractivity contribution in [3.63, 3.8) is 0 Å². The summed E-state index contributed by atoms with van der Waals surface area (Å²) in [7, 11) is 0. The Morgan fingerprint density at radius 3 is 3.08 bits per heavy atom. The Bertz CT molecular complexity index is 349. The second-order valence-electron chi connectivity index (χ2n) is 2.92. The Labute approximate surface area is 75.6 Å². The van der Waals surface area contributed by atoms with E-state index in [0.29, 0.717) is 18.7 Å². The number of phenolic OH excluding ortho intramolecular Hbond substituents is 1. The number of nitrogens with one attached hydrogen (secondary N) is 2. The Morgan fingerprint density at radius 1 is 1.38 bits per heavy atom. The predicted octanol–water partition coefficient (Wildman–Crippen LogP) is 1.15. The Hall–Kier alpha value is -1.71. The van der Waals surface area contributed by atoms with Crippen LogP contribution in [0.1, 0.15) is 6.42 Å². The van der Waals surface area contributed by atoms with Crippen LogP contribution in [0.2, 0.25) is 0 Å². The van der Waals surface area contributed by atoms with Crippen molar-refractivity contribution in [3.8, 4) is 5.75 Å². The van der Waals surface area contributed by atoms with Crippen LogP contribution in [0.4, 0.5) is 11.4 Å². The highest BCUT2D eigenvalue weighted by Crippen LogP contribution is 2.32. The maximum atomic E-state index is 11.1. The molecule has 1 aromatic carbocycles. The highest BCUT2D eigenvalue weighted by Gasteiger charge is 2.14. The van der Waals surface area contributed by atoms with E-state index in [4.69, 9.17) is 0 Å². The molecular formula is C9H10N2O2. The smallest absolute Gasteiger partial charge is 0.226 e. The lowest BCUT2D eigenvalue weighted by Gasteiger charge is -2.08. The van der Waals surface area contributed by atoms with Gasteiger partial charge in [0.05, 0.1) is 5.69 Å². The van der Waals surface area contributed by atoms with Crippen LogP contribution >= 0.6 is 0 Å². The second kappa shape index (κ2) is 2.97. The quantitative estimate of drug-likeness (QED) is 0.522. The molecule has 1 amide bonds. The molecule has 0 atom stereocenters. The van der Waals surface area contributed by atoms with Crippen molar-refractivity contribution in [3.05, 3.63) is 18.2 Å². The Kier molecular flexibility index (Phi) is 1.81. The van der Waals surface area contributed by atoms with Gasteiger partial charge in [-0.1, -0.05) is 6.07 Å². The fraction of sp³-hybridized carbons (Fsp3) is 0.222. The lowest BCUT2D eigenvalue weighted by molar-refractivity contribution is -0.115. The topological polar surface area (TPSA) is 61.4 Å². The van der Waals surface area contributed by atoms with E-state index in [0.717, 1.165) is 5.69 Å². The van der Waals surface area contributed by atoms with Gasteiger partial charge in [-0.2, -0.15) is 0 Å². The first-order valence-corrected chi connectivity index (χ1v) is 4.13. The number of benzene rings is 1. The van der Waals surface area contributed by atoms with Gasteiger partial charge < -0.3 is 15.7 Å². The molecule has 3 N–H and O–H groups in total. The highest BCUT2D eigenvalue weighted by molar-refractivity contribution is 5.97. The van der Waals surface area contributed by atoms with Crippen molar-refractivity contribution in [2.75, 3.05) is 17.2 Å². The number of hydrogen-bond donors (Lipinski definition) is 3. The first-order valence-electron chi connectivity index (χ1n) is 4.13. The third kappa shape index (κ3) is 1.42. The summed E-state index contributed by atoms with van der Waals surface area (Å²) in [6.45, 7) is 0.599. The van der Waals surface area contributed by atoms with Gasteiger partial charge in [-0.25, -0.2) is 0 Å². The number of fused-ring (bicyclic) bond motifs is 1. The van der Waals surface area contributed by atoms with Gasteiger partial charge in [0.25, 0.3) is 0 Å². The third-order valence-corrected chi connectivity index (χ3v) is 1.97. The van der Waals surface area contributed by atoms with Crippen molar-refractivity contribution >= 4 is 17.3 Å². The number of carbonyl (C=O) groups is 1. The van der Waals surface area contributed by atoms with Gasteiger partial charge in [0.15, 0.2) is 0 Å². The zero-order valence-electron chi connectivity index (χ0n) is 7.00. The number of rotatable bonds is 0. The van der Waals surface area contributed by atoms with Crippen molar-refractivity contribution < 1.29 is 9.90 Å². The van der Waals surface area contributed by atoms with Gasteiger partial charge >= 0.3 is 0 Å². The second-order valence-corrected chi connectivity index (χ2v) is 2.92. The predicted molar refractivity (Wildman–Crippen MR) is 49.8 cm³/mol. The molecule has 0 unspecified atom stereocenters. The third-order valence-electron chi connectivity index (χ3n) is 1.97. The minimum Gasteiger partial charge on any atom is -0.506 e. The number of carbonyl (C=O) groups excluding carboxylic acids is 1. The van der Waals surface area contributed by atoms with Gasteiger partial charge in [-0.05, 0) is 12.1 Å². The summed E-state index contributed by atoms with van der Waals surface area (Å²) < 4.78 is 0. The van der Waals surface area contributed by atoms with Crippen LogP contribution in [-0.2, 0) is 4.79 Å². The summed E-state index contributed by atoms with van der Waals surface area (Å²) >= 11 is 0. The molecule has 1 heterocycles. The van der Waals surface area contributed by atoms with E-state index >= 15 is 0 Å². The number of hydrogen-bond acceptors (Lipinski definition) is 3. The normalized spacial score (nSPS) is 15.2. The molecule has 13 heavy (non-hydrogen) atoms. The number of phenols is 1. The van der Waals surface area contributed by atoms with E-state index in [-0.39, 0.29) is 11.7 Å². The van der Waals surface area contributed by atoms with Crippen LogP contribution in [0.25, 0.3) is 0 Å². The molecule has 0 aromatic heterocycles. The zero-order valence-corrected chi connectivity index (χ0v) is 7.00. The molecular weight excluding hydrogens is 168 g/mol. The highest BCUT2D eigenvalue weighted by atomic mass is 16.3. The molecule has 68 valence electrons. The van der Waals surface area contributed by atoms with Crippen LogP contribution in [0.3, 0.4) is 0 Å². The summed E-state index contributed by atoms with van der Waals surface area (Å²) in [5, 5.41) is 15.1. The van der Waals surface area contributed by atoms with Crippen LogP contribution in [0.5, 0.6) is 5.75 Å². The minimum absolute atomic E-state index is 0.0762. The Morgan fingerprint density at radius 2 is 2.23 bits per heavy atom. The number of anilines is 2. The van der Waals surface area contributed by atoms with Crippen LogP contribution in [0, 0.1) is 0 Å². The molecule has 0 saturated carbocycles. The molecule has 0 spiro atoms. The van der Waals surface area contributed by atoms with E-state index < -0.39 is 0 Å². The van der Waals surface area contributed by atoms with E-state index in [1.165, 1.54) is 0 Å². The average Bonchev–Trinajstić information content (AvgIpc) is 2.28. The van der Waals surface area contributed by atoms with E-state index in [1.807, 2.05) is 6.07 Å². The SMILES string of the molecule is O=C1CCNc2cccc(O)c2N1. The summed E-state index contributed by atoms with van der Waals surface area (Å²) in [5.74, 6) is 0.0213. The first-order chi connectivity index (χ1) is 6.27. The molecule has 0 aliphatic carbocycles. The first kappa shape index (κ1) is 7.91. The van der Waals surface area contributed by atoms with E-state index in [9.17, 15) is 9.90 Å². The molecule has 0 bridgehead atoms. The van der Waals surface area contributed by atoms with E-state index in [2.05, 4.69) is 10.6 Å². The lowest BCUT2D eigenvalue weighted by atomic mass is 10.2. The van der Waals surface area contributed by atoms with Gasteiger partial charge in [-0.3, -0.25) is 4.79 Å². The summed E-state index contributed by atoms with van der Waals surface area (Å²) in [6.07, 6.45) is 0.425. The van der Waals surface area contributed by atoms with Gasteiger partial charge in [0.1, 0.15) is 11.4 Å². The van der Waals surface area contributed by atoms with Crippen LogP contribution in [0.15, 0.2) is 18.2 Å². The number of amides is 1. The summed E-state index contributed by atoms with van der Waals surface area (Å²) in [4.78, 5) is 11.1. The molecule has 4 heteroatoms. The van der Waals surface area contributed by atoms with E-state index in [1.54, 1.807) is 12.1 Å². The molecule has 0 radical (unpaired) electrons. The molecule has 1 aliphatic rings. The molecule has 0 fully saturated rings.